The van der Waals surface area contributed by atoms with E-state index in [1.54, 1.807) is 36.4 Å². The quantitative estimate of drug-likeness (QED) is 0.318. The fraction of sp³-hybridized carbons (Fsp3) is 0. The summed E-state index contributed by atoms with van der Waals surface area (Å²) in [5.41, 5.74) is 7.48. The topological polar surface area (TPSA) is 91.2 Å². The van der Waals surface area contributed by atoms with Crippen molar-refractivity contribution in [2.75, 3.05) is 5.73 Å². The Labute approximate surface area is 132 Å². The highest BCUT2D eigenvalue weighted by Crippen LogP contribution is 2.38. The number of fused-ring (bicyclic) bond motifs is 1. The first kappa shape index (κ1) is 14.2. The molecule has 110 valence electrons. The highest BCUT2D eigenvalue weighted by atomic mass is 32.1. The van der Waals surface area contributed by atoms with Crippen LogP contribution in [0.3, 0.4) is 0 Å². The van der Waals surface area contributed by atoms with E-state index in [4.69, 9.17) is 5.73 Å². The number of aromatic hydroxyl groups is 2. The van der Waals surface area contributed by atoms with Crippen molar-refractivity contribution in [3.05, 3.63) is 48.5 Å². The Morgan fingerprint density at radius 2 is 1.59 bits per heavy atom. The van der Waals surface area contributed by atoms with Crippen LogP contribution in [0.25, 0.3) is 10.8 Å². The molecule has 0 amide bonds. The normalized spacial score (nSPS) is 11.3. The van der Waals surface area contributed by atoms with E-state index < -0.39 is 0 Å². The largest absolute Gasteiger partial charge is 0.508 e. The minimum Gasteiger partial charge on any atom is -0.508 e. The van der Waals surface area contributed by atoms with E-state index in [1.165, 1.54) is 12.1 Å². The molecular formula is C16H13N3O2S. The lowest BCUT2D eigenvalue weighted by atomic mass is 10.1. The Hall–Kier alpha value is -2.73. The predicted molar refractivity (Wildman–Crippen MR) is 89.6 cm³/mol. The lowest BCUT2D eigenvalue weighted by Gasteiger charge is -2.07. The third-order valence-electron chi connectivity index (χ3n) is 3.22. The second-order valence-corrected chi connectivity index (χ2v) is 5.30. The summed E-state index contributed by atoms with van der Waals surface area (Å²) >= 11 is 4.26. The zero-order chi connectivity index (χ0) is 15.7. The van der Waals surface area contributed by atoms with Crippen LogP contribution >= 0.6 is 12.6 Å². The van der Waals surface area contributed by atoms with Gasteiger partial charge in [0.05, 0.1) is 11.4 Å². The molecule has 0 aromatic heterocycles. The van der Waals surface area contributed by atoms with Gasteiger partial charge in [0.2, 0.25) is 0 Å². The van der Waals surface area contributed by atoms with E-state index in [2.05, 4.69) is 22.9 Å². The van der Waals surface area contributed by atoms with E-state index in [9.17, 15) is 10.2 Å². The molecule has 0 radical (unpaired) electrons. The summed E-state index contributed by atoms with van der Waals surface area (Å²) in [6.07, 6.45) is 0. The van der Waals surface area contributed by atoms with Crippen LogP contribution in [0.5, 0.6) is 11.5 Å². The number of azo groups is 1. The highest BCUT2D eigenvalue weighted by Gasteiger charge is 2.09. The van der Waals surface area contributed by atoms with Crippen molar-refractivity contribution in [1.29, 1.82) is 0 Å². The van der Waals surface area contributed by atoms with Crippen LogP contribution in [0, 0.1) is 0 Å². The van der Waals surface area contributed by atoms with Gasteiger partial charge in [0.1, 0.15) is 17.2 Å². The van der Waals surface area contributed by atoms with Gasteiger partial charge in [-0.1, -0.05) is 0 Å². The number of thiol groups is 1. The average Bonchev–Trinajstić information content (AvgIpc) is 2.47. The van der Waals surface area contributed by atoms with Crippen LogP contribution in [0.1, 0.15) is 0 Å². The number of phenols is 2. The summed E-state index contributed by atoms with van der Waals surface area (Å²) in [5, 5.41) is 28.9. The number of hydrogen-bond donors (Lipinski definition) is 4. The van der Waals surface area contributed by atoms with E-state index in [-0.39, 0.29) is 11.5 Å². The van der Waals surface area contributed by atoms with Gasteiger partial charge in [0.15, 0.2) is 0 Å². The summed E-state index contributed by atoms with van der Waals surface area (Å²) in [5.74, 6) is 0.275. The SMILES string of the molecule is Nc1ccc2c(O)cc(S)cc2c1N=Nc1ccc(O)cc1. The number of nitrogens with zero attached hydrogens (tertiary/aromatic N) is 2. The highest BCUT2D eigenvalue weighted by molar-refractivity contribution is 7.80. The van der Waals surface area contributed by atoms with E-state index in [0.717, 1.165) is 0 Å². The van der Waals surface area contributed by atoms with Gasteiger partial charge in [-0.25, -0.2) is 0 Å². The maximum atomic E-state index is 9.99. The molecule has 0 aliphatic rings. The van der Waals surface area contributed by atoms with Gasteiger partial charge >= 0.3 is 0 Å². The summed E-state index contributed by atoms with van der Waals surface area (Å²) in [7, 11) is 0. The molecule has 0 saturated carbocycles. The monoisotopic (exact) mass is 311 g/mol. The molecule has 0 unspecified atom stereocenters. The molecule has 0 aliphatic carbocycles. The number of hydrogen-bond acceptors (Lipinski definition) is 6. The third kappa shape index (κ3) is 2.68. The van der Waals surface area contributed by atoms with Crippen LogP contribution < -0.4 is 5.73 Å². The average molecular weight is 311 g/mol. The minimum atomic E-state index is 0.114. The number of benzene rings is 3. The molecule has 22 heavy (non-hydrogen) atoms. The standard InChI is InChI=1S/C16H13N3O2S/c17-14-6-5-12-13(7-11(22)8-15(12)21)16(14)19-18-9-1-3-10(20)4-2-9/h1-8,20-22H,17H2. The molecular weight excluding hydrogens is 298 g/mol. The van der Waals surface area contributed by atoms with Crippen molar-refractivity contribution in [1.82, 2.24) is 0 Å². The molecule has 0 bridgehead atoms. The molecule has 3 aromatic rings. The van der Waals surface area contributed by atoms with Gasteiger partial charge in [0.25, 0.3) is 0 Å². The Balaban J connectivity index is 2.13. The van der Waals surface area contributed by atoms with Gasteiger partial charge in [0, 0.05) is 15.7 Å². The van der Waals surface area contributed by atoms with E-state index in [0.29, 0.717) is 32.7 Å². The van der Waals surface area contributed by atoms with Crippen molar-refractivity contribution in [2.45, 2.75) is 4.90 Å². The Morgan fingerprint density at radius 3 is 2.32 bits per heavy atom. The van der Waals surface area contributed by atoms with Gasteiger partial charge in [-0.3, -0.25) is 0 Å². The summed E-state index contributed by atoms with van der Waals surface area (Å²) in [6, 6.07) is 13.1. The molecule has 4 N–H and O–H groups in total. The molecule has 0 spiro atoms. The number of nitrogen functional groups attached to an aromatic ring is 1. The van der Waals surface area contributed by atoms with Crippen LogP contribution in [-0.4, -0.2) is 10.2 Å². The number of phenolic OH excluding ortho intramolecular Hbond substituents is 2. The van der Waals surface area contributed by atoms with Crippen LogP contribution in [0.2, 0.25) is 0 Å². The minimum absolute atomic E-state index is 0.114. The molecule has 0 fully saturated rings. The van der Waals surface area contributed by atoms with E-state index >= 15 is 0 Å². The lowest BCUT2D eigenvalue weighted by molar-refractivity contribution is 0.475. The zero-order valence-corrected chi connectivity index (χ0v) is 12.3. The first-order valence-corrected chi connectivity index (χ1v) is 6.94. The smallest absolute Gasteiger partial charge is 0.124 e. The Bertz CT molecular complexity index is 877. The molecule has 0 atom stereocenters. The summed E-state index contributed by atoms with van der Waals surface area (Å²) in [6.45, 7) is 0. The second-order valence-electron chi connectivity index (χ2n) is 4.78. The molecule has 0 heterocycles. The molecule has 5 nitrogen and oxygen atoms in total. The molecule has 3 rings (SSSR count). The second kappa shape index (κ2) is 5.57. The number of anilines is 1. The van der Waals surface area contributed by atoms with E-state index in [1.807, 2.05) is 0 Å². The van der Waals surface area contributed by atoms with Crippen LogP contribution in [0.4, 0.5) is 17.1 Å². The zero-order valence-electron chi connectivity index (χ0n) is 11.4. The first-order valence-electron chi connectivity index (χ1n) is 6.49. The van der Waals surface area contributed by atoms with Crippen LogP contribution in [0.15, 0.2) is 63.7 Å². The molecule has 6 heteroatoms. The maximum Gasteiger partial charge on any atom is 0.124 e. The van der Waals surface area contributed by atoms with Crippen molar-refractivity contribution < 1.29 is 10.2 Å². The maximum absolute atomic E-state index is 9.99. The molecule has 0 aliphatic heterocycles. The Morgan fingerprint density at radius 1 is 0.864 bits per heavy atom. The van der Waals surface area contributed by atoms with Crippen molar-refractivity contribution in [3.63, 3.8) is 0 Å². The summed E-state index contributed by atoms with van der Waals surface area (Å²) < 4.78 is 0. The van der Waals surface area contributed by atoms with Gasteiger partial charge in [-0.15, -0.1) is 17.7 Å². The van der Waals surface area contributed by atoms with Crippen LogP contribution in [-0.2, 0) is 0 Å². The molecule has 3 aromatic carbocycles. The number of nitrogens with two attached hydrogens (primary N) is 1. The molecule has 0 saturated heterocycles. The third-order valence-corrected chi connectivity index (χ3v) is 3.47. The lowest BCUT2D eigenvalue weighted by Crippen LogP contribution is -1.87. The predicted octanol–water partition coefficient (Wildman–Crippen LogP) is 4.54. The fourth-order valence-corrected chi connectivity index (χ4v) is 2.39. The Kier molecular flexibility index (Phi) is 3.60. The van der Waals surface area contributed by atoms with Crippen molar-refractivity contribution in [2.24, 2.45) is 10.2 Å². The fourth-order valence-electron chi connectivity index (χ4n) is 2.14. The number of rotatable bonds is 2. The van der Waals surface area contributed by atoms with Gasteiger partial charge < -0.3 is 15.9 Å². The van der Waals surface area contributed by atoms with Gasteiger partial charge in [-0.2, -0.15) is 5.11 Å². The van der Waals surface area contributed by atoms with Crippen molar-refractivity contribution >= 4 is 40.5 Å². The first-order chi connectivity index (χ1) is 10.5. The van der Waals surface area contributed by atoms with Gasteiger partial charge in [-0.05, 0) is 48.5 Å². The summed E-state index contributed by atoms with van der Waals surface area (Å²) in [4.78, 5) is 0.608. The van der Waals surface area contributed by atoms with Crippen molar-refractivity contribution in [3.8, 4) is 11.5 Å².